The summed E-state index contributed by atoms with van der Waals surface area (Å²) in [5.74, 6) is -4.88. The minimum absolute atomic E-state index is 0.271. The van der Waals surface area contributed by atoms with Gasteiger partial charge in [0.05, 0.1) is 11.8 Å². The molecule has 10 nitrogen and oxygen atoms in total. The fourth-order valence-electron chi connectivity index (χ4n) is 6.27. The van der Waals surface area contributed by atoms with E-state index in [4.69, 9.17) is 19.1 Å². The van der Waals surface area contributed by atoms with Gasteiger partial charge in [0.25, 0.3) is 5.91 Å². The van der Waals surface area contributed by atoms with Crippen LogP contribution in [0.5, 0.6) is 0 Å². The molecule has 4 unspecified atom stereocenters. The molecule has 304 valence electrons. The van der Waals surface area contributed by atoms with Gasteiger partial charge >= 0.3 is 23.9 Å². The number of amides is 1. The SMILES string of the molecule is CCCCCCCCC(=O)OC(C)C(CCCCCCC)C(=O)ON(OC(=O)C(CCCCCCC)C(C)OC(=O)CCCCCCCC)C(C)=O. The zero-order valence-corrected chi connectivity index (χ0v) is 34.3. The number of nitrogens with zero attached hydrogens (tertiary/aromatic N) is 1. The van der Waals surface area contributed by atoms with Crippen LogP contribution in [0.2, 0.25) is 0 Å². The average Bonchev–Trinajstić information content (AvgIpc) is 3.10. The summed E-state index contributed by atoms with van der Waals surface area (Å²) in [6.45, 7) is 13.0. The number of hydroxylamine groups is 2. The van der Waals surface area contributed by atoms with Gasteiger partial charge in [0.2, 0.25) is 0 Å². The second-order valence-corrected chi connectivity index (χ2v) is 14.6. The van der Waals surface area contributed by atoms with E-state index in [1.54, 1.807) is 13.8 Å². The van der Waals surface area contributed by atoms with Crippen molar-refractivity contribution in [2.45, 2.75) is 228 Å². The average molecular weight is 740 g/mol. The lowest BCUT2D eigenvalue weighted by molar-refractivity contribution is -0.311. The van der Waals surface area contributed by atoms with E-state index in [0.29, 0.717) is 30.9 Å². The predicted molar refractivity (Wildman–Crippen MR) is 206 cm³/mol. The van der Waals surface area contributed by atoms with Gasteiger partial charge in [0.1, 0.15) is 12.2 Å². The van der Waals surface area contributed by atoms with Crippen molar-refractivity contribution in [2.75, 3.05) is 0 Å². The van der Waals surface area contributed by atoms with Crippen LogP contribution in [0.1, 0.15) is 215 Å². The van der Waals surface area contributed by atoms with Gasteiger partial charge in [0.15, 0.2) is 0 Å². The van der Waals surface area contributed by atoms with E-state index in [1.807, 2.05) is 0 Å². The van der Waals surface area contributed by atoms with E-state index in [0.717, 1.165) is 122 Å². The highest BCUT2D eigenvalue weighted by Gasteiger charge is 2.36. The fourth-order valence-corrected chi connectivity index (χ4v) is 6.27. The lowest BCUT2D eigenvalue weighted by Crippen LogP contribution is -2.42. The first-order valence-electron chi connectivity index (χ1n) is 21.1. The molecule has 0 bridgehead atoms. The van der Waals surface area contributed by atoms with Crippen molar-refractivity contribution >= 4 is 29.8 Å². The number of hydrogen-bond donors (Lipinski definition) is 0. The van der Waals surface area contributed by atoms with E-state index in [1.165, 1.54) is 12.8 Å². The summed E-state index contributed by atoms with van der Waals surface area (Å²) >= 11 is 0. The van der Waals surface area contributed by atoms with Crippen LogP contribution in [-0.4, -0.2) is 47.2 Å². The lowest BCUT2D eigenvalue weighted by atomic mass is 9.95. The largest absolute Gasteiger partial charge is 0.462 e. The molecule has 0 fully saturated rings. The van der Waals surface area contributed by atoms with Gasteiger partial charge in [-0.1, -0.05) is 156 Å². The number of rotatable bonds is 32. The van der Waals surface area contributed by atoms with E-state index in [2.05, 4.69) is 27.7 Å². The summed E-state index contributed by atoms with van der Waals surface area (Å²) in [7, 11) is 0. The Balaban J connectivity index is 5.62. The van der Waals surface area contributed by atoms with Crippen LogP contribution in [-0.2, 0) is 43.1 Å². The van der Waals surface area contributed by atoms with Crippen LogP contribution in [0, 0.1) is 11.8 Å². The highest BCUT2D eigenvalue weighted by Crippen LogP contribution is 2.24. The van der Waals surface area contributed by atoms with Gasteiger partial charge in [-0.2, -0.15) is 0 Å². The lowest BCUT2D eigenvalue weighted by Gasteiger charge is -2.27. The molecular weight excluding hydrogens is 662 g/mol. The van der Waals surface area contributed by atoms with E-state index in [-0.39, 0.29) is 24.8 Å². The first-order valence-corrected chi connectivity index (χ1v) is 21.1. The van der Waals surface area contributed by atoms with Gasteiger partial charge in [-0.05, 0) is 39.5 Å². The van der Waals surface area contributed by atoms with Crippen molar-refractivity contribution in [1.82, 2.24) is 5.23 Å². The summed E-state index contributed by atoms with van der Waals surface area (Å²) in [6.07, 6.45) is 21.8. The number of carbonyl (C=O) groups excluding carboxylic acids is 5. The molecule has 0 aliphatic carbocycles. The Bertz CT molecular complexity index is 888. The number of unbranched alkanes of at least 4 members (excludes halogenated alkanes) is 18. The molecule has 0 aromatic heterocycles. The first-order chi connectivity index (χ1) is 25.0. The van der Waals surface area contributed by atoms with E-state index in [9.17, 15) is 24.0 Å². The Hall–Kier alpha value is -2.65. The third-order valence-corrected chi connectivity index (χ3v) is 9.68. The highest BCUT2D eigenvalue weighted by molar-refractivity contribution is 5.80. The smallest absolute Gasteiger partial charge is 0.343 e. The Morgan fingerprint density at radius 2 is 0.731 bits per heavy atom. The van der Waals surface area contributed by atoms with Crippen molar-refractivity contribution in [1.29, 1.82) is 0 Å². The third kappa shape index (κ3) is 25.3. The summed E-state index contributed by atoms with van der Waals surface area (Å²) < 4.78 is 11.4. The quantitative estimate of drug-likeness (QED) is 0.0376. The first kappa shape index (κ1) is 49.4. The molecule has 1 amide bonds. The molecule has 0 aromatic rings. The zero-order valence-electron chi connectivity index (χ0n) is 34.3. The number of esters is 2. The van der Waals surface area contributed by atoms with Gasteiger partial charge in [-0.25, -0.2) is 9.59 Å². The minimum Gasteiger partial charge on any atom is -0.462 e. The molecule has 0 saturated carbocycles. The number of ether oxygens (including phenoxy) is 2. The van der Waals surface area contributed by atoms with Crippen LogP contribution in [0.3, 0.4) is 0 Å². The third-order valence-electron chi connectivity index (χ3n) is 9.68. The van der Waals surface area contributed by atoms with Crippen molar-refractivity contribution in [3.63, 3.8) is 0 Å². The van der Waals surface area contributed by atoms with Crippen LogP contribution < -0.4 is 0 Å². The van der Waals surface area contributed by atoms with Gasteiger partial charge < -0.3 is 19.1 Å². The molecule has 0 aromatic carbocycles. The molecule has 0 aliphatic rings. The van der Waals surface area contributed by atoms with Crippen LogP contribution >= 0.6 is 0 Å². The maximum absolute atomic E-state index is 13.6. The second-order valence-electron chi connectivity index (χ2n) is 14.6. The second kappa shape index (κ2) is 33.0. The van der Waals surface area contributed by atoms with Crippen LogP contribution in [0.25, 0.3) is 0 Å². The fraction of sp³-hybridized carbons (Fsp3) is 0.881. The predicted octanol–water partition coefficient (Wildman–Crippen LogP) is 11.1. The van der Waals surface area contributed by atoms with Crippen LogP contribution in [0.15, 0.2) is 0 Å². The molecule has 10 heteroatoms. The zero-order chi connectivity index (χ0) is 39.0. The molecule has 0 spiro atoms. The van der Waals surface area contributed by atoms with Crippen molar-refractivity contribution in [3.05, 3.63) is 0 Å². The standard InChI is InChI=1S/C42H77NO9/c1-8-12-16-20-24-28-32-39(45)49-34(5)37(30-26-22-18-14-10-3)41(47)51-43(36(7)44)52-42(48)38(31-27-23-19-15-11-4)35(6)50-40(46)33-29-25-21-17-13-9-2/h34-35,37-38H,8-33H2,1-7H3. The molecule has 0 radical (unpaired) electrons. The normalized spacial score (nSPS) is 13.4. The molecule has 0 rings (SSSR count). The monoisotopic (exact) mass is 740 g/mol. The Kier molecular flexibility index (Phi) is 31.3. The minimum atomic E-state index is -0.855. The van der Waals surface area contributed by atoms with Crippen molar-refractivity contribution in [3.8, 4) is 0 Å². The molecule has 0 N–H and O–H groups in total. The van der Waals surface area contributed by atoms with Crippen molar-refractivity contribution in [2.24, 2.45) is 11.8 Å². The molecule has 0 heterocycles. The summed E-state index contributed by atoms with van der Waals surface area (Å²) in [6, 6.07) is 0. The summed E-state index contributed by atoms with van der Waals surface area (Å²) in [5, 5.41) is 0.328. The van der Waals surface area contributed by atoms with E-state index >= 15 is 0 Å². The molecule has 52 heavy (non-hydrogen) atoms. The maximum atomic E-state index is 13.6. The molecule has 0 saturated heterocycles. The van der Waals surface area contributed by atoms with Crippen LogP contribution in [0.4, 0.5) is 0 Å². The Morgan fingerprint density at radius 3 is 1.04 bits per heavy atom. The van der Waals surface area contributed by atoms with Gasteiger partial charge in [0, 0.05) is 25.0 Å². The number of carbonyl (C=O) groups is 5. The topological polar surface area (TPSA) is 126 Å². The van der Waals surface area contributed by atoms with Gasteiger partial charge in [-0.15, -0.1) is 0 Å². The molecular formula is C42H77NO9. The molecule has 0 aliphatic heterocycles. The summed E-state index contributed by atoms with van der Waals surface area (Å²) in [5.41, 5.74) is 0. The highest BCUT2D eigenvalue weighted by atomic mass is 17.0. The summed E-state index contributed by atoms with van der Waals surface area (Å²) in [4.78, 5) is 76.0. The maximum Gasteiger partial charge on any atom is 0.343 e. The number of hydrogen-bond acceptors (Lipinski definition) is 9. The van der Waals surface area contributed by atoms with Gasteiger partial charge in [-0.3, -0.25) is 14.4 Å². The Morgan fingerprint density at radius 1 is 0.442 bits per heavy atom. The molecule has 4 atom stereocenters. The van der Waals surface area contributed by atoms with E-state index < -0.39 is 41.9 Å². The van der Waals surface area contributed by atoms with Crippen molar-refractivity contribution < 1.29 is 43.1 Å². The Labute approximate surface area is 317 Å².